The summed E-state index contributed by atoms with van der Waals surface area (Å²) in [5.41, 5.74) is 8.13. The summed E-state index contributed by atoms with van der Waals surface area (Å²) in [5, 5.41) is 11.4. The number of primary amides is 1. The fourth-order valence-electron chi connectivity index (χ4n) is 3.98. The van der Waals surface area contributed by atoms with E-state index in [9.17, 15) is 14.7 Å². The maximum atomic E-state index is 12.2. The Balaban J connectivity index is 1.78. The van der Waals surface area contributed by atoms with Crippen molar-refractivity contribution in [2.75, 3.05) is 0 Å². The van der Waals surface area contributed by atoms with Gasteiger partial charge in [0.05, 0.1) is 0 Å². The van der Waals surface area contributed by atoms with Gasteiger partial charge in [-0.15, -0.1) is 0 Å². The number of imidazole rings is 1. The molecule has 3 aromatic heterocycles. The van der Waals surface area contributed by atoms with Gasteiger partial charge in [0, 0.05) is 34.3 Å². The van der Waals surface area contributed by atoms with Gasteiger partial charge in [0.2, 0.25) is 17.1 Å². The lowest BCUT2D eigenvalue weighted by molar-refractivity contribution is -0.118. The number of aromatic nitrogens is 3. The molecule has 3 heterocycles. The summed E-state index contributed by atoms with van der Waals surface area (Å²) < 4.78 is 7.51. The number of nitrogens with one attached hydrogen (secondary N) is 1. The van der Waals surface area contributed by atoms with E-state index in [1.165, 1.54) is 6.07 Å². The molecule has 5 aromatic rings. The number of fused-ring (bicyclic) bond motifs is 1. The van der Waals surface area contributed by atoms with Crippen LogP contribution in [-0.2, 0) is 11.3 Å². The van der Waals surface area contributed by atoms with Gasteiger partial charge in [-0.05, 0) is 13.0 Å². The first-order chi connectivity index (χ1) is 15.9. The second-order valence-corrected chi connectivity index (χ2v) is 7.73. The predicted octanol–water partition coefficient (Wildman–Crippen LogP) is 3.82. The molecule has 0 spiro atoms. The van der Waals surface area contributed by atoms with Gasteiger partial charge >= 0.3 is 0 Å². The largest absolute Gasteiger partial charge is 0.501 e. The Morgan fingerprint density at radius 1 is 1.15 bits per heavy atom. The standard InChI is InChI=1S/C25H20N4O4/c1-14-11-19(30)23(32)24(33-14)22-21(15-7-3-2-4-8-15)27-25(28-22)17-12-29(13-20(26)31)18-10-6-5-9-16(17)18/h2-12,32H,13H2,1H3,(H2,26,31)(H,27,28). The van der Waals surface area contributed by atoms with Gasteiger partial charge in [-0.25, -0.2) is 4.98 Å². The molecule has 164 valence electrons. The van der Waals surface area contributed by atoms with Crippen molar-refractivity contribution >= 4 is 16.8 Å². The number of amides is 1. The third kappa shape index (κ3) is 3.57. The van der Waals surface area contributed by atoms with Crippen molar-refractivity contribution in [1.82, 2.24) is 14.5 Å². The van der Waals surface area contributed by atoms with Crippen LogP contribution < -0.4 is 11.2 Å². The molecule has 5 rings (SSSR count). The summed E-state index contributed by atoms with van der Waals surface area (Å²) in [7, 11) is 0. The van der Waals surface area contributed by atoms with E-state index in [4.69, 9.17) is 15.1 Å². The maximum absolute atomic E-state index is 12.2. The highest BCUT2D eigenvalue weighted by atomic mass is 16.4. The fraction of sp³-hybridized carbons (Fsp3) is 0.0800. The highest BCUT2D eigenvalue weighted by molar-refractivity contribution is 5.96. The number of nitrogens with two attached hydrogens (primary N) is 1. The number of H-pyrrole nitrogens is 1. The van der Waals surface area contributed by atoms with Crippen molar-refractivity contribution in [3.05, 3.63) is 82.8 Å². The molecular formula is C25H20N4O4. The highest BCUT2D eigenvalue weighted by Crippen LogP contribution is 2.38. The van der Waals surface area contributed by atoms with Crippen molar-refractivity contribution in [3.8, 4) is 39.8 Å². The molecule has 4 N–H and O–H groups in total. The van der Waals surface area contributed by atoms with E-state index in [0.717, 1.165) is 22.0 Å². The number of carbonyl (C=O) groups excluding carboxylic acids is 1. The first-order valence-corrected chi connectivity index (χ1v) is 10.3. The van der Waals surface area contributed by atoms with Crippen LogP contribution in [0.15, 0.2) is 76.1 Å². The molecule has 0 atom stereocenters. The molecule has 1 amide bonds. The van der Waals surface area contributed by atoms with Crippen LogP contribution in [0.3, 0.4) is 0 Å². The minimum Gasteiger partial charge on any atom is -0.501 e. The molecule has 0 aliphatic heterocycles. The molecule has 0 radical (unpaired) electrons. The lowest BCUT2D eigenvalue weighted by Gasteiger charge is -2.05. The first-order valence-electron chi connectivity index (χ1n) is 10.3. The third-order valence-corrected chi connectivity index (χ3v) is 5.39. The fourth-order valence-corrected chi connectivity index (χ4v) is 3.98. The van der Waals surface area contributed by atoms with Crippen molar-refractivity contribution in [3.63, 3.8) is 0 Å². The van der Waals surface area contributed by atoms with Gasteiger partial charge in [0.15, 0.2) is 5.76 Å². The number of para-hydroxylation sites is 1. The Kier molecular flexibility index (Phi) is 4.82. The van der Waals surface area contributed by atoms with Crippen LogP contribution in [0, 0.1) is 6.92 Å². The Morgan fingerprint density at radius 2 is 1.88 bits per heavy atom. The third-order valence-electron chi connectivity index (χ3n) is 5.39. The van der Waals surface area contributed by atoms with Gasteiger partial charge in [0.1, 0.15) is 29.5 Å². The molecule has 0 saturated carbocycles. The molecular weight excluding hydrogens is 420 g/mol. The van der Waals surface area contributed by atoms with Crippen LogP contribution in [0.5, 0.6) is 5.75 Å². The summed E-state index contributed by atoms with van der Waals surface area (Å²) in [4.78, 5) is 31.9. The Morgan fingerprint density at radius 3 is 2.64 bits per heavy atom. The molecule has 0 aliphatic carbocycles. The molecule has 8 nitrogen and oxygen atoms in total. The molecule has 0 fully saturated rings. The average molecular weight is 440 g/mol. The monoisotopic (exact) mass is 440 g/mol. The zero-order valence-electron chi connectivity index (χ0n) is 17.7. The summed E-state index contributed by atoms with van der Waals surface area (Å²) in [5.74, 6) is -0.0886. The second-order valence-electron chi connectivity index (χ2n) is 7.73. The number of aryl methyl sites for hydroxylation is 1. The van der Waals surface area contributed by atoms with E-state index >= 15 is 0 Å². The SMILES string of the molecule is Cc1cc(=O)c(O)c(-c2[nH]c(-c3cn(CC(N)=O)c4ccccc34)nc2-c2ccccc2)o1. The lowest BCUT2D eigenvalue weighted by Crippen LogP contribution is -2.17. The van der Waals surface area contributed by atoms with E-state index in [1.807, 2.05) is 54.6 Å². The van der Waals surface area contributed by atoms with Gasteiger partial charge in [-0.1, -0.05) is 48.5 Å². The topological polar surface area (TPSA) is 127 Å². The zero-order chi connectivity index (χ0) is 23.1. The average Bonchev–Trinajstić information content (AvgIpc) is 3.39. The van der Waals surface area contributed by atoms with Gasteiger partial charge in [-0.2, -0.15) is 0 Å². The van der Waals surface area contributed by atoms with Gasteiger partial charge in [-0.3, -0.25) is 9.59 Å². The Hall–Kier alpha value is -4.59. The number of rotatable bonds is 5. The minimum absolute atomic E-state index is 0.0125. The van der Waals surface area contributed by atoms with E-state index in [0.29, 0.717) is 23.0 Å². The molecule has 2 aromatic carbocycles. The molecule has 0 bridgehead atoms. The van der Waals surface area contributed by atoms with E-state index in [-0.39, 0.29) is 12.3 Å². The summed E-state index contributed by atoms with van der Waals surface area (Å²) in [6.45, 7) is 1.66. The summed E-state index contributed by atoms with van der Waals surface area (Å²) in [6, 6.07) is 18.2. The van der Waals surface area contributed by atoms with Crippen molar-refractivity contribution in [2.45, 2.75) is 13.5 Å². The van der Waals surface area contributed by atoms with Crippen LogP contribution in [0.4, 0.5) is 0 Å². The van der Waals surface area contributed by atoms with Crippen molar-refractivity contribution in [2.24, 2.45) is 5.73 Å². The number of aromatic amines is 1. The predicted molar refractivity (Wildman–Crippen MR) is 125 cm³/mol. The van der Waals surface area contributed by atoms with Crippen LogP contribution in [-0.4, -0.2) is 25.5 Å². The van der Waals surface area contributed by atoms with Crippen LogP contribution in [0.1, 0.15) is 5.76 Å². The Labute approximate surface area is 187 Å². The summed E-state index contributed by atoms with van der Waals surface area (Å²) in [6.07, 6.45) is 1.80. The number of hydrogen-bond acceptors (Lipinski definition) is 5. The van der Waals surface area contributed by atoms with Gasteiger partial charge in [0.25, 0.3) is 0 Å². The normalized spacial score (nSPS) is 11.2. The number of carbonyl (C=O) groups is 1. The minimum atomic E-state index is -0.540. The summed E-state index contributed by atoms with van der Waals surface area (Å²) >= 11 is 0. The molecule has 8 heteroatoms. The quantitative estimate of drug-likeness (QED) is 0.383. The molecule has 0 aliphatic rings. The van der Waals surface area contributed by atoms with E-state index in [2.05, 4.69) is 4.98 Å². The zero-order valence-corrected chi connectivity index (χ0v) is 17.7. The van der Waals surface area contributed by atoms with Crippen LogP contribution >= 0.6 is 0 Å². The highest BCUT2D eigenvalue weighted by Gasteiger charge is 2.23. The number of benzene rings is 2. The van der Waals surface area contributed by atoms with E-state index < -0.39 is 17.1 Å². The molecule has 0 unspecified atom stereocenters. The number of aromatic hydroxyl groups is 1. The first kappa shape index (κ1) is 20.3. The second kappa shape index (κ2) is 7.83. The van der Waals surface area contributed by atoms with Crippen molar-refractivity contribution in [1.29, 1.82) is 0 Å². The van der Waals surface area contributed by atoms with Crippen LogP contribution in [0.25, 0.3) is 45.0 Å². The van der Waals surface area contributed by atoms with Crippen LogP contribution in [0.2, 0.25) is 0 Å². The number of nitrogens with zero attached hydrogens (tertiary/aromatic N) is 2. The number of hydrogen-bond donors (Lipinski definition) is 3. The van der Waals surface area contributed by atoms with E-state index in [1.54, 1.807) is 17.7 Å². The lowest BCUT2D eigenvalue weighted by atomic mass is 10.1. The molecule has 0 saturated heterocycles. The maximum Gasteiger partial charge on any atom is 0.237 e. The van der Waals surface area contributed by atoms with Gasteiger partial charge < -0.3 is 24.8 Å². The molecule has 33 heavy (non-hydrogen) atoms. The Bertz CT molecular complexity index is 1560. The smallest absolute Gasteiger partial charge is 0.237 e. The van der Waals surface area contributed by atoms with Crippen molar-refractivity contribution < 1.29 is 14.3 Å².